The van der Waals surface area contributed by atoms with Crippen LogP contribution >= 0.6 is 0 Å². The van der Waals surface area contributed by atoms with Gasteiger partial charge in [-0.2, -0.15) is 0 Å². The summed E-state index contributed by atoms with van der Waals surface area (Å²) in [5, 5.41) is 5.85. The third-order valence-electron chi connectivity index (χ3n) is 10.5. The molecule has 0 fully saturated rings. The number of rotatable bonds is 5. The van der Waals surface area contributed by atoms with E-state index in [0.29, 0.717) is 5.82 Å². The number of hydrogen-bond acceptors (Lipinski definition) is 3. The maximum atomic E-state index is 5.29. The van der Waals surface area contributed by atoms with Crippen LogP contribution < -0.4 is 0 Å². The van der Waals surface area contributed by atoms with E-state index in [4.69, 9.17) is 15.0 Å². The van der Waals surface area contributed by atoms with E-state index < -0.39 is 0 Å². The van der Waals surface area contributed by atoms with E-state index in [2.05, 4.69) is 155 Å². The van der Waals surface area contributed by atoms with Crippen molar-refractivity contribution in [2.24, 2.45) is 0 Å². The molecular formula is C49H31N5. The van der Waals surface area contributed by atoms with Crippen molar-refractivity contribution >= 4 is 54.5 Å². The topological polar surface area (TPSA) is 48.5 Å². The zero-order valence-corrected chi connectivity index (χ0v) is 29.1. The molecular weight excluding hydrogens is 659 g/mol. The number of para-hydroxylation sites is 3. The van der Waals surface area contributed by atoms with Gasteiger partial charge in [0.05, 0.1) is 33.3 Å². The number of pyridine rings is 1. The molecule has 5 heteroatoms. The van der Waals surface area contributed by atoms with Crippen LogP contribution in [0.15, 0.2) is 188 Å². The van der Waals surface area contributed by atoms with E-state index in [9.17, 15) is 0 Å². The number of benzene rings is 7. The first kappa shape index (κ1) is 30.3. The van der Waals surface area contributed by atoms with Gasteiger partial charge < -0.3 is 4.57 Å². The van der Waals surface area contributed by atoms with Crippen LogP contribution in [0.3, 0.4) is 0 Å². The van der Waals surface area contributed by atoms with Crippen molar-refractivity contribution in [3.8, 4) is 45.4 Å². The maximum absolute atomic E-state index is 5.29. The summed E-state index contributed by atoms with van der Waals surface area (Å²) in [5.41, 5.74) is 11.6. The third-order valence-corrected chi connectivity index (χ3v) is 10.5. The molecule has 0 N–H and O–H groups in total. The monoisotopic (exact) mass is 689 g/mol. The Morgan fingerprint density at radius 1 is 0.333 bits per heavy atom. The summed E-state index contributed by atoms with van der Waals surface area (Å²) in [4.78, 5) is 15.4. The van der Waals surface area contributed by atoms with Gasteiger partial charge in [0.2, 0.25) is 0 Å². The van der Waals surface area contributed by atoms with E-state index in [0.717, 1.165) is 50.4 Å². The highest BCUT2D eigenvalue weighted by molar-refractivity contribution is 6.28. The number of aromatic nitrogens is 5. The van der Waals surface area contributed by atoms with Gasteiger partial charge in [-0.1, -0.05) is 133 Å². The van der Waals surface area contributed by atoms with Crippen molar-refractivity contribution in [1.29, 1.82) is 0 Å². The second kappa shape index (κ2) is 12.1. The van der Waals surface area contributed by atoms with Crippen LogP contribution in [0.4, 0.5) is 0 Å². The Bertz CT molecular complexity index is 3200. The molecule has 0 aliphatic rings. The van der Waals surface area contributed by atoms with Crippen molar-refractivity contribution in [2.75, 3.05) is 0 Å². The van der Waals surface area contributed by atoms with E-state index in [-0.39, 0.29) is 0 Å². The first-order chi connectivity index (χ1) is 26.8. The quantitative estimate of drug-likeness (QED) is 0.181. The van der Waals surface area contributed by atoms with Crippen LogP contribution in [-0.4, -0.2) is 24.1 Å². The van der Waals surface area contributed by atoms with E-state index in [1.165, 1.54) is 43.7 Å². The highest BCUT2D eigenvalue weighted by Crippen LogP contribution is 2.42. The van der Waals surface area contributed by atoms with Crippen molar-refractivity contribution in [3.63, 3.8) is 0 Å². The lowest BCUT2D eigenvalue weighted by Crippen LogP contribution is -2.01. The number of nitrogens with zero attached hydrogens (tertiary/aromatic N) is 5. The summed E-state index contributed by atoms with van der Waals surface area (Å²) in [6.07, 6.45) is 0. The summed E-state index contributed by atoms with van der Waals surface area (Å²) in [5.74, 6) is 1.41. The molecule has 11 rings (SSSR count). The third kappa shape index (κ3) is 4.69. The lowest BCUT2D eigenvalue weighted by molar-refractivity contribution is 1.07. The first-order valence-corrected chi connectivity index (χ1v) is 18.2. The predicted molar refractivity (Wildman–Crippen MR) is 222 cm³/mol. The summed E-state index contributed by atoms with van der Waals surface area (Å²) < 4.78 is 4.68. The first-order valence-electron chi connectivity index (χ1n) is 18.2. The molecule has 0 aliphatic heterocycles. The minimum atomic E-state index is 0.596. The lowest BCUT2D eigenvalue weighted by atomic mass is 10.1. The van der Waals surface area contributed by atoms with E-state index in [1.807, 2.05) is 42.5 Å². The average molecular weight is 690 g/mol. The highest BCUT2D eigenvalue weighted by atomic mass is 15.1. The standard InChI is InChI=1S/C49H31N5/c1-3-14-32(15-4-1)33-26-28-35(29-27-33)53-41-23-11-8-19-37(41)46-43(53)30-31-44-47(46)38-20-9-12-24-42(38)54(44)45-25-13-22-40(50-45)49-51-39-21-10-7-18-36(39)48(52-49)34-16-5-2-6-17-34/h1-31H. The summed E-state index contributed by atoms with van der Waals surface area (Å²) in [6, 6.07) is 66.0. The molecule has 0 atom stereocenters. The zero-order chi connectivity index (χ0) is 35.6. The van der Waals surface area contributed by atoms with Gasteiger partial charge in [0.15, 0.2) is 5.82 Å². The molecule has 11 aromatic rings. The molecule has 4 heterocycles. The van der Waals surface area contributed by atoms with Crippen molar-refractivity contribution in [1.82, 2.24) is 24.1 Å². The zero-order valence-electron chi connectivity index (χ0n) is 29.1. The van der Waals surface area contributed by atoms with Gasteiger partial charge in [0.25, 0.3) is 0 Å². The average Bonchev–Trinajstić information content (AvgIpc) is 3.77. The Morgan fingerprint density at radius 3 is 1.59 bits per heavy atom. The Morgan fingerprint density at radius 2 is 0.889 bits per heavy atom. The van der Waals surface area contributed by atoms with Crippen LogP contribution in [0.25, 0.3) is 99.9 Å². The van der Waals surface area contributed by atoms with Crippen molar-refractivity contribution in [3.05, 3.63) is 188 Å². The fraction of sp³-hybridized carbons (Fsp3) is 0. The minimum absolute atomic E-state index is 0.596. The van der Waals surface area contributed by atoms with Crippen LogP contribution in [0, 0.1) is 0 Å². The molecule has 0 saturated carbocycles. The molecule has 252 valence electrons. The molecule has 0 spiro atoms. The van der Waals surface area contributed by atoms with Gasteiger partial charge in [0.1, 0.15) is 11.5 Å². The molecule has 0 amide bonds. The second-order valence-corrected chi connectivity index (χ2v) is 13.6. The van der Waals surface area contributed by atoms with Crippen LogP contribution in [0.1, 0.15) is 0 Å². The smallest absolute Gasteiger partial charge is 0.179 e. The molecule has 0 bridgehead atoms. The minimum Gasteiger partial charge on any atom is -0.309 e. The van der Waals surface area contributed by atoms with E-state index in [1.54, 1.807) is 0 Å². The van der Waals surface area contributed by atoms with Gasteiger partial charge in [0, 0.05) is 38.2 Å². The van der Waals surface area contributed by atoms with Gasteiger partial charge in [-0.05, 0) is 65.7 Å². The summed E-state index contributed by atoms with van der Waals surface area (Å²) in [6.45, 7) is 0. The van der Waals surface area contributed by atoms with Gasteiger partial charge >= 0.3 is 0 Å². The highest BCUT2D eigenvalue weighted by Gasteiger charge is 2.21. The molecule has 0 unspecified atom stereocenters. The fourth-order valence-electron chi connectivity index (χ4n) is 8.16. The van der Waals surface area contributed by atoms with Crippen LogP contribution in [-0.2, 0) is 0 Å². The Balaban J connectivity index is 1.12. The molecule has 54 heavy (non-hydrogen) atoms. The van der Waals surface area contributed by atoms with Crippen molar-refractivity contribution in [2.45, 2.75) is 0 Å². The fourth-order valence-corrected chi connectivity index (χ4v) is 8.16. The molecule has 7 aromatic carbocycles. The Labute approximate surface area is 311 Å². The molecule has 5 nitrogen and oxygen atoms in total. The van der Waals surface area contributed by atoms with Gasteiger partial charge in [-0.15, -0.1) is 0 Å². The molecule has 4 aromatic heterocycles. The maximum Gasteiger partial charge on any atom is 0.179 e. The van der Waals surface area contributed by atoms with Crippen LogP contribution in [0.5, 0.6) is 0 Å². The van der Waals surface area contributed by atoms with Gasteiger partial charge in [-0.3, -0.25) is 4.57 Å². The van der Waals surface area contributed by atoms with Crippen LogP contribution in [0.2, 0.25) is 0 Å². The normalized spacial score (nSPS) is 11.7. The van der Waals surface area contributed by atoms with Gasteiger partial charge in [-0.25, -0.2) is 15.0 Å². The number of hydrogen-bond donors (Lipinski definition) is 0. The molecule has 0 saturated heterocycles. The summed E-state index contributed by atoms with van der Waals surface area (Å²) >= 11 is 0. The molecule has 0 aliphatic carbocycles. The van der Waals surface area contributed by atoms with E-state index >= 15 is 0 Å². The Hall–Kier alpha value is -7.37. The summed E-state index contributed by atoms with van der Waals surface area (Å²) in [7, 11) is 0. The number of fused-ring (bicyclic) bond motifs is 8. The Kier molecular flexibility index (Phi) is 6.79. The second-order valence-electron chi connectivity index (χ2n) is 13.6. The van der Waals surface area contributed by atoms with Crippen molar-refractivity contribution < 1.29 is 0 Å². The lowest BCUT2D eigenvalue weighted by Gasteiger charge is -2.11. The largest absolute Gasteiger partial charge is 0.309 e. The SMILES string of the molecule is c1ccc(-c2ccc(-n3c4ccccc4c4c5c6ccccc6n(-c6cccc(-c7nc(-c8ccccc8)c8ccccc8n7)n6)c5ccc43)cc2)cc1. The predicted octanol–water partition coefficient (Wildman–Crippen LogP) is 12.2. The molecule has 0 radical (unpaired) electrons.